The van der Waals surface area contributed by atoms with Gasteiger partial charge < -0.3 is 5.73 Å². The number of alkyl halides is 3. The van der Waals surface area contributed by atoms with Gasteiger partial charge in [-0.2, -0.15) is 13.2 Å². The monoisotopic (exact) mass is 252 g/mol. The van der Waals surface area contributed by atoms with E-state index < -0.39 is 12.7 Å². The fourth-order valence-corrected chi connectivity index (χ4v) is 2.67. The molecule has 102 valence electrons. The van der Waals surface area contributed by atoms with Crippen molar-refractivity contribution >= 4 is 0 Å². The van der Waals surface area contributed by atoms with Crippen LogP contribution in [0.15, 0.2) is 0 Å². The second-order valence-corrected chi connectivity index (χ2v) is 5.37. The van der Waals surface area contributed by atoms with Gasteiger partial charge in [-0.05, 0) is 44.8 Å². The van der Waals surface area contributed by atoms with Crippen molar-refractivity contribution < 1.29 is 13.2 Å². The summed E-state index contributed by atoms with van der Waals surface area (Å²) in [6, 6.07) is 0. The van der Waals surface area contributed by atoms with E-state index >= 15 is 0 Å². The molecular weight excluding hydrogens is 229 g/mol. The van der Waals surface area contributed by atoms with Crippen LogP contribution in [0.3, 0.4) is 0 Å². The summed E-state index contributed by atoms with van der Waals surface area (Å²) < 4.78 is 36.5. The minimum absolute atomic E-state index is 0.0953. The van der Waals surface area contributed by atoms with Crippen molar-refractivity contribution in [2.45, 2.75) is 44.7 Å². The summed E-state index contributed by atoms with van der Waals surface area (Å²) in [5.74, 6) is 0. The van der Waals surface area contributed by atoms with E-state index in [9.17, 15) is 13.2 Å². The van der Waals surface area contributed by atoms with Gasteiger partial charge in [-0.3, -0.25) is 4.90 Å². The van der Waals surface area contributed by atoms with Crippen LogP contribution in [0.2, 0.25) is 0 Å². The van der Waals surface area contributed by atoms with Crippen molar-refractivity contribution in [1.82, 2.24) is 4.90 Å². The number of hydrogen-bond acceptors (Lipinski definition) is 2. The van der Waals surface area contributed by atoms with Gasteiger partial charge in [-0.25, -0.2) is 0 Å². The van der Waals surface area contributed by atoms with Gasteiger partial charge in [-0.1, -0.05) is 19.3 Å². The van der Waals surface area contributed by atoms with Crippen molar-refractivity contribution in [1.29, 1.82) is 0 Å². The van der Waals surface area contributed by atoms with Gasteiger partial charge in [0.1, 0.15) is 0 Å². The lowest BCUT2D eigenvalue weighted by Crippen LogP contribution is -2.38. The summed E-state index contributed by atoms with van der Waals surface area (Å²) in [6.07, 6.45) is 2.40. The predicted molar refractivity (Wildman–Crippen MR) is 62.7 cm³/mol. The molecule has 0 radical (unpaired) electrons. The van der Waals surface area contributed by atoms with E-state index in [4.69, 9.17) is 5.73 Å². The highest BCUT2D eigenvalue weighted by molar-refractivity contribution is 4.84. The maximum Gasteiger partial charge on any atom is 0.401 e. The summed E-state index contributed by atoms with van der Waals surface area (Å²) in [5, 5.41) is 0. The van der Waals surface area contributed by atoms with Crippen LogP contribution in [0.1, 0.15) is 38.5 Å². The molecular formula is C12H23F3N2. The maximum atomic E-state index is 12.2. The molecule has 17 heavy (non-hydrogen) atoms. The molecule has 0 aromatic heterocycles. The van der Waals surface area contributed by atoms with Crippen molar-refractivity contribution in [3.63, 3.8) is 0 Å². The van der Waals surface area contributed by atoms with Crippen LogP contribution < -0.4 is 5.73 Å². The summed E-state index contributed by atoms with van der Waals surface area (Å²) in [5.41, 5.74) is 5.91. The van der Waals surface area contributed by atoms with Gasteiger partial charge in [0, 0.05) is 0 Å². The molecule has 1 saturated carbocycles. The van der Waals surface area contributed by atoms with Gasteiger partial charge in [0.05, 0.1) is 6.54 Å². The van der Waals surface area contributed by atoms with E-state index in [-0.39, 0.29) is 5.41 Å². The third-order valence-corrected chi connectivity index (χ3v) is 3.82. The zero-order valence-corrected chi connectivity index (χ0v) is 10.5. The highest BCUT2D eigenvalue weighted by atomic mass is 19.4. The molecule has 1 rings (SSSR count). The van der Waals surface area contributed by atoms with Gasteiger partial charge in [0.2, 0.25) is 0 Å². The van der Waals surface area contributed by atoms with E-state index in [1.54, 1.807) is 0 Å². The molecule has 0 unspecified atom stereocenters. The summed E-state index contributed by atoms with van der Waals surface area (Å²) in [4.78, 5) is 1.35. The molecule has 0 aromatic carbocycles. The van der Waals surface area contributed by atoms with Crippen LogP contribution in [-0.4, -0.2) is 37.8 Å². The van der Waals surface area contributed by atoms with E-state index in [0.29, 0.717) is 13.1 Å². The first kappa shape index (κ1) is 14.8. The smallest absolute Gasteiger partial charge is 0.330 e. The average Bonchev–Trinajstić information content (AvgIpc) is 2.25. The maximum absolute atomic E-state index is 12.2. The second-order valence-electron chi connectivity index (χ2n) is 5.37. The number of rotatable bonds is 5. The van der Waals surface area contributed by atoms with E-state index in [1.165, 1.54) is 31.2 Å². The molecule has 1 aliphatic carbocycles. The normalized spacial score (nSPS) is 20.8. The lowest BCUT2D eigenvalue weighted by molar-refractivity contribution is -0.143. The van der Waals surface area contributed by atoms with Crippen LogP contribution in [0.25, 0.3) is 0 Å². The largest absolute Gasteiger partial charge is 0.401 e. The minimum atomic E-state index is -4.10. The first-order valence-electron chi connectivity index (χ1n) is 6.32. The first-order chi connectivity index (χ1) is 7.87. The van der Waals surface area contributed by atoms with Gasteiger partial charge in [-0.15, -0.1) is 0 Å². The molecule has 2 N–H and O–H groups in total. The Bertz CT molecular complexity index is 222. The van der Waals surface area contributed by atoms with E-state index in [1.807, 2.05) is 0 Å². The molecule has 1 fully saturated rings. The topological polar surface area (TPSA) is 29.3 Å². The van der Waals surface area contributed by atoms with E-state index in [2.05, 4.69) is 0 Å². The molecule has 0 saturated heterocycles. The van der Waals surface area contributed by atoms with Crippen LogP contribution >= 0.6 is 0 Å². The fourth-order valence-electron chi connectivity index (χ4n) is 2.67. The third kappa shape index (κ3) is 5.25. The summed E-state index contributed by atoms with van der Waals surface area (Å²) in [6.45, 7) is 0.261. The van der Waals surface area contributed by atoms with Gasteiger partial charge in [0.25, 0.3) is 0 Å². The van der Waals surface area contributed by atoms with Crippen LogP contribution in [0.5, 0.6) is 0 Å². The molecule has 1 aliphatic rings. The van der Waals surface area contributed by atoms with Gasteiger partial charge >= 0.3 is 6.18 Å². The Morgan fingerprint density at radius 3 is 2.24 bits per heavy atom. The fraction of sp³-hybridized carbons (Fsp3) is 1.00. The average molecular weight is 252 g/mol. The van der Waals surface area contributed by atoms with E-state index in [0.717, 1.165) is 19.3 Å². The number of hydrogen-bond donors (Lipinski definition) is 1. The highest BCUT2D eigenvalue weighted by Gasteiger charge is 2.33. The quantitative estimate of drug-likeness (QED) is 0.815. The van der Waals surface area contributed by atoms with Crippen LogP contribution in [-0.2, 0) is 0 Å². The zero-order valence-electron chi connectivity index (χ0n) is 10.5. The molecule has 5 heteroatoms. The molecule has 0 spiro atoms. The third-order valence-electron chi connectivity index (χ3n) is 3.82. The minimum Gasteiger partial charge on any atom is -0.330 e. The Morgan fingerprint density at radius 2 is 1.76 bits per heavy atom. The van der Waals surface area contributed by atoms with Crippen molar-refractivity contribution in [2.24, 2.45) is 11.1 Å². The Kier molecular flexibility index (Phi) is 5.25. The Labute approximate surface area is 101 Å². The first-order valence-corrected chi connectivity index (χ1v) is 6.32. The van der Waals surface area contributed by atoms with Gasteiger partial charge in [0.15, 0.2) is 0 Å². The molecule has 0 bridgehead atoms. The number of nitrogens with two attached hydrogens (primary N) is 1. The Hall–Kier alpha value is -0.290. The van der Waals surface area contributed by atoms with Crippen LogP contribution in [0.4, 0.5) is 13.2 Å². The molecule has 0 aromatic rings. The molecule has 0 atom stereocenters. The molecule has 0 heterocycles. The lowest BCUT2D eigenvalue weighted by atomic mass is 9.72. The molecule has 2 nitrogen and oxygen atoms in total. The second kappa shape index (κ2) is 6.05. The number of nitrogens with zero attached hydrogens (tertiary/aromatic N) is 1. The zero-order chi connectivity index (χ0) is 12.9. The molecule has 0 amide bonds. The lowest BCUT2D eigenvalue weighted by Gasteiger charge is -2.37. The predicted octanol–water partition coefficient (Wildman–Crippen LogP) is 2.78. The van der Waals surface area contributed by atoms with Crippen molar-refractivity contribution in [3.05, 3.63) is 0 Å². The SMILES string of the molecule is CN(CCC1(CN)CCCCC1)CC(F)(F)F. The molecule has 0 aliphatic heterocycles. The van der Waals surface area contributed by atoms with Crippen molar-refractivity contribution in [2.75, 3.05) is 26.7 Å². The highest BCUT2D eigenvalue weighted by Crippen LogP contribution is 2.38. The summed E-state index contributed by atoms with van der Waals surface area (Å²) >= 11 is 0. The van der Waals surface area contributed by atoms with Crippen LogP contribution in [0, 0.1) is 5.41 Å². The number of halogens is 3. The summed E-state index contributed by atoms with van der Waals surface area (Å²) in [7, 11) is 1.53. The standard InChI is InChI=1S/C12H23F3N2/c1-17(10-12(13,14)15)8-7-11(9-16)5-3-2-4-6-11/h2-10,16H2,1H3. The van der Waals surface area contributed by atoms with Crippen molar-refractivity contribution in [3.8, 4) is 0 Å². The Morgan fingerprint density at radius 1 is 1.18 bits per heavy atom. The Balaban J connectivity index is 2.36.